The second kappa shape index (κ2) is 5.10. The fourth-order valence-electron chi connectivity index (χ4n) is 1.67. The van der Waals surface area contributed by atoms with Gasteiger partial charge >= 0.3 is 0 Å². The molecule has 0 saturated heterocycles. The van der Waals surface area contributed by atoms with Crippen molar-refractivity contribution in [1.29, 1.82) is 0 Å². The number of hydrogen-bond acceptors (Lipinski definition) is 5. The molecule has 2 heterocycles. The summed E-state index contributed by atoms with van der Waals surface area (Å²) < 4.78 is 1.44. The van der Waals surface area contributed by atoms with Crippen LogP contribution in [0.15, 0.2) is 11.0 Å². The van der Waals surface area contributed by atoms with Crippen LogP contribution in [0.2, 0.25) is 0 Å². The molecule has 0 aliphatic carbocycles. The largest absolute Gasteiger partial charge is 0.392 e. The minimum atomic E-state index is -0.659. The summed E-state index contributed by atoms with van der Waals surface area (Å²) in [6.07, 6.45) is 0.623. The van der Waals surface area contributed by atoms with E-state index in [9.17, 15) is 9.59 Å². The molecule has 0 bridgehead atoms. The number of thiazole rings is 1. The molecule has 1 atom stereocenters. The van der Waals surface area contributed by atoms with Crippen molar-refractivity contribution in [3.63, 3.8) is 0 Å². The number of rotatable bonds is 3. The summed E-state index contributed by atoms with van der Waals surface area (Å²) in [7, 11) is 0. The average Bonchev–Trinajstić information content (AvgIpc) is 2.63. The lowest BCUT2D eigenvalue weighted by molar-refractivity contribution is 0.0922. The molecule has 0 spiro atoms. The lowest BCUT2D eigenvalue weighted by atomic mass is 10.3. The Morgan fingerprint density at radius 2 is 2.26 bits per heavy atom. The molecule has 0 radical (unpaired) electrons. The summed E-state index contributed by atoms with van der Waals surface area (Å²) in [4.78, 5) is 29.8. The molecular formula is C12H15N3O3S. The zero-order chi connectivity index (χ0) is 14.2. The molecule has 102 valence electrons. The zero-order valence-electron chi connectivity index (χ0n) is 10.9. The highest BCUT2D eigenvalue weighted by molar-refractivity contribution is 7.17. The van der Waals surface area contributed by atoms with Gasteiger partial charge in [-0.2, -0.15) is 0 Å². The quantitative estimate of drug-likeness (QED) is 0.857. The van der Waals surface area contributed by atoms with Gasteiger partial charge in [-0.3, -0.25) is 14.0 Å². The first-order valence-corrected chi connectivity index (χ1v) is 6.67. The lowest BCUT2D eigenvalue weighted by Crippen LogP contribution is -2.35. The highest BCUT2D eigenvalue weighted by Crippen LogP contribution is 2.18. The zero-order valence-corrected chi connectivity index (χ0v) is 11.7. The van der Waals surface area contributed by atoms with E-state index in [-0.39, 0.29) is 17.7 Å². The minimum absolute atomic E-state index is 0.0148. The molecule has 2 aromatic heterocycles. The van der Waals surface area contributed by atoms with Crippen molar-refractivity contribution in [3.05, 3.63) is 32.7 Å². The third-order valence-corrected chi connectivity index (χ3v) is 3.89. The lowest BCUT2D eigenvalue weighted by Gasteiger charge is -2.06. The topological polar surface area (TPSA) is 83.7 Å². The van der Waals surface area contributed by atoms with E-state index < -0.39 is 12.0 Å². The van der Waals surface area contributed by atoms with Crippen LogP contribution in [-0.2, 0) is 0 Å². The highest BCUT2D eigenvalue weighted by atomic mass is 32.1. The van der Waals surface area contributed by atoms with Crippen molar-refractivity contribution < 1.29 is 9.90 Å². The van der Waals surface area contributed by atoms with Crippen molar-refractivity contribution in [3.8, 4) is 0 Å². The summed E-state index contributed by atoms with van der Waals surface area (Å²) in [5.41, 5.74) is 0.400. The number of aromatic nitrogens is 2. The molecule has 1 unspecified atom stereocenters. The van der Waals surface area contributed by atoms with Crippen LogP contribution >= 0.6 is 11.3 Å². The Labute approximate surface area is 113 Å². The molecule has 2 N–H and O–H groups in total. The third kappa shape index (κ3) is 2.52. The van der Waals surface area contributed by atoms with Crippen LogP contribution in [0, 0.1) is 13.8 Å². The van der Waals surface area contributed by atoms with Gasteiger partial charge in [0, 0.05) is 23.3 Å². The van der Waals surface area contributed by atoms with E-state index in [0.29, 0.717) is 4.96 Å². The average molecular weight is 281 g/mol. The van der Waals surface area contributed by atoms with Gasteiger partial charge < -0.3 is 10.4 Å². The van der Waals surface area contributed by atoms with E-state index in [1.807, 2.05) is 13.8 Å². The van der Waals surface area contributed by atoms with Crippen molar-refractivity contribution in [1.82, 2.24) is 14.7 Å². The molecule has 0 fully saturated rings. The molecule has 0 aromatic carbocycles. The van der Waals surface area contributed by atoms with E-state index in [1.165, 1.54) is 21.9 Å². The number of aliphatic hydroxyl groups is 1. The summed E-state index contributed by atoms with van der Waals surface area (Å²) in [5.74, 6) is -0.518. The molecular weight excluding hydrogens is 266 g/mol. The second-order valence-corrected chi connectivity index (χ2v) is 5.58. The first-order chi connectivity index (χ1) is 8.91. The van der Waals surface area contributed by atoms with Crippen LogP contribution in [0.5, 0.6) is 0 Å². The van der Waals surface area contributed by atoms with Gasteiger partial charge in [0.25, 0.3) is 11.5 Å². The van der Waals surface area contributed by atoms with Gasteiger partial charge in [-0.15, -0.1) is 11.3 Å². The Bertz CT molecular complexity index is 687. The van der Waals surface area contributed by atoms with Gasteiger partial charge in [-0.25, -0.2) is 4.98 Å². The van der Waals surface area contributed by atoms with Crippen molar-refractivity contribution in [2.24, 2.45) is 0 Å². The standard InChI is InChI=1S/C12H15N3O3S/c1-6(16)4-13-10(17)9-5-14-12-15(11(9)18)7(2)8(3)19-12/h5-6,16H,4H2,1-3H3,(H,13,17). The highest BCUT2D eigenvalue weighted by Gasteiger charge is 2.16. The summed E-state index contributed by atoms with van der Waals surface area (Å²) in [5, 5.41) is 11.6. The van der Waals surface area contributed by atoms with Gasteiger partial charge in [0.2, 0.25) is 0 Å². The molecule has 0 saturated carbocycles. The second-order valence-electron chi connectivity index (χ2n) is 4.40. The smallest absolute Gasteiger partial charge is 0.271 e. The normalized spacial score (nSPS) is 12.6. The van der Waals surface area contributed by atoms with Crippen LogP contribution < -0.4 is 10.9 Å². The Hall–Kier alpha value is -1.73. The predicted molar refractivity (Wildman–Crippen MR) is 72.8 cm³/mol. The number of hydrogen-bond donors (Lipinski definition) is 2. The Morgan fingerprint density at radius 3 is 2.89 bits per heavy atom. The Kier molecular flexibility index (Phi) is 3.68. The van der Waals surface area contributed by atoms with Crippen molar-refractivity contribution >= 4 is 22.2 Å². The fraction of sp³-hybridized carbons (Fsp3) is 0.417. The predicted octanol–water partition coefficient (Wildman–Crippen LogP) is 0.483. The van der Waals surface area contributed by atoms with Crippen LogP contribution in [-0.4, -0.2) is 33.0 Å². The molecule has 19 heavy (non-hydrogen) atoms. The molecule has 0 aliphatic rings. The van der Waals surface area contributed by atoms with E-state index in [2.05, 4.69) is 10.3 Å². The number of carbonyl (C=O) groups is 1. The van der Waals surface area contributed by atoms with Crippen LogP contribution in [0.3, 0.4) is 0 Å². The first-order valence-electron chi connectivity index (χ1n) is 5.86. The molecule has 2 aromatic rings. The van der Waals surface area contributed by atoms with E-state index in [4.69, 9.17) is 5.11 Å². The number of amides is 1. The number of aliphatic hydroxyl groups excluding tert-OH is 1. The summed E-state index contributed by atoms with van der Waals surface area (Å²) in [6.45, 7) is 5.38. The molecule has 0 aliphatic heterocycles. The van der Waals surface area contributed by atoms with Gasteiger partial charge in [0.05, 0.1) is 6.10 Å². The maximum atomic E-state index is 12.3. The maximum Gasteiger partial charge on any atom is 0.271 e. The summed E-state index contributed by atoms with van der Waals surface area (Å²) >= 11 is 1.41. The molecule has 2 rings (SSSR count). The monoisotopic (exact) mass is 281 g/mol. The van der Waals surface area contributed by atoms with Gasteiger partial charge in [0.1, 0.15) is 5.56 Å². The molecule has 7 heteroatoms. The van der Waals surface area contributed by atoms with Crippen molar-refractivity contribution in [2.45, 2.75) is 26.9 Å². The SMILES string of the molecule is Cc1sc2ncc(C(=O)NCC(C)O)c(=O)n2c1C. The van der Waals surface area contributed by atoms with E-state index >= 15 is 0 Å². The molecule has 1 amide bonds. The number of carbonyl (C=O) groups excluding carboxylic acids is 1. The summed E-state index contributed by atoms with van der Waals surface area (Å²) in [6, 6.07) is 0. The van der Waals surface area contributed by atoms with Crippen LogP contribution in [0.1, 0.15) is 27.9 Å². The first kappa shape index (κ1) is 13.7. The Morgan fingerprint density at radius 1 is 1.58 bits per heavy atom. The van der Waals surface area contributed by atoms with E-state index in [1.54, 1.807) is 6.92 Å². The maximum absolute atomic E-state index is 12.3. The third-order valence-electron chi connectivity index (χ3n) is 2.82. The number of aryl methyl sites for hydroxylation is 2. The van der Waals surface area contributed by atoms with E-state index in [0.717, 1.165) is 10.6 Å². The van der Waals surface area contributed by atoms with Crippen LogP contribution in [0.4, 0.5) is 0 Å². The van der Waals surface area contributed by atoms with Crippen LogP contribution in [0.25, 0.3) is 4.96 Å². The number of nitrogens with one attached hydrogen (secondary N) is 1. The van der Waals surface area contributed by atoms with Crippen molar-refractivity contribution in [2.75, 3.05) is 6.54 Å². The number of fused-ring (bicyclic) bond motifs is 1. The Balaban J connectivity index is 2.45. The molecule has 6 nitrogen and oxygen atoms in total. The minimum Gasteiger partial charge on any atom is -0.392 e. The van der Waals surface area contributed by atoms with Gasteiger partial charge in [-0.1, -0.05) is 0 Å². The van der Waals surface area contributed by atoms with Gasteiger partial charge in [0.15, 0.2) is 4.96 Å². The van der Waals surface area contributed by atoms with Gasteiger partial charge in [-0.05, 0) is 20.8 Å². The number of nitrogens with zero attached hydrogens (tertiary/aromatic N) is 2. The fourth-order valence-corrected chi connectivity index (χ4v) is 2.60.